The van der Waals surface area contributed by atoms with E-state index in [0.29, 0.717) is 13.0 Å². The highest BCUT2D eigenvalue weighted by Crippen LogP contribution is 2.21. The summed E-state index contributed by atoms with van der Waals surface area (Å²) in [6.07, 6.45) is 3.86. The summed E-state index contributed by atoms with van der Waals surface area (Å²) in [7, 11) is 0. The lowest BCUT2D eigenvalue weighted by molar-refractivity contribution is -0.735. The Bertz CT molecular complexity index is 346. The summed E-state index contributed by atoms with van der Waals surface area (Å²) < 4.78 is 0. The molecule has 0 spiro atoms. The molecule has 0 amide bonds. The van der Waals surface area contributed by atoms with Gasteiger partial charge in [-0.25, -0.2) is 20.2 Å². The smallest absolute Gasteiger partial charge is 0.211 e. The van der Waals surface area contributed by atoms with E-state index in [2.05, 4.69) is 0 Å². The summed E-state index contributed by atoms with van der Waals surface area (Å²) >= 11 is 0. The van der Waals surface area contributed by atoms with E-state index >= 15 is 0 Å². The molecule has 0 aromatic carbocycles. The van der Waals surface area contributed by atoms with E-state index in [4.69, 9.17) is 0 Å². The minimum absolute atomic E-state index is 0.117. The predicted molar refractivity (Wildman–Crippen MR) is 51.7 cm³/mol. The molecule has 9 heteroatoms. The van der Waals surface area contributed by atoms with Crippen molar-refractivity contribution >= 4 is 0 Å². The quantitative estimate of drug-likeness (QED) is 0.357. The third-order valence-corrected chi connectivity index (χ3v) is 2.71. The highest BCUT2D eigenvalue weighted by atomic mass is 16.7. The molecule has 1 unspecified atom stereocenters. The first-order valence-electron chi connectivity index (χ1n) is 4.79. The van der Waals surface area contributed by atoms with Crippen molar-refractivity contribution in [1.82, 2.24) is 14.9 Å². The maximum Gasteiger partial charge on any atom is 0.211 e. The van der Waals surface area contributed by atoms with Crippen molar-refractivity contribution in [2.45, 2.75) is 12.6 Å². The van der Waals surface area contributed by atoms with Gasteiger partial charge in [0.1, 0.15) is 12.8 Å². The topological polar surface area (TPSA) is 96.0 Å². The molecule has 0 radical (unpaired) electrons. The molecule has 0 bridgehead atoms. The number of rotatable bonds is 2. The van der Waals surface area contributed by atoms with Crippen LogP contribution in [0.1, 0.15) is 6.42 Å². The van der Waals surface area contributed by atoms with Crippen molar-refractivity contribution in [3.05, 3.63) is 32.4 Å². The summed E-state index contributed by atoms with van der Waals surface area (Å²) in [5.74, 6) is 0. The van der Waals surface area contributed by atoms with Crippen LogP contribution in [0.4, 0.5) is 0 Å². The molecule has 2 aliphatic heterocycles. The first-order valence-corrected chi connectivity index (χ1v) is 4.79. The standard InChI is InChI=1S/C7H11N5O4/c13-11(14)9-5-8-4-2-1-3-7(8)10(6-9)12(15)16/h1-2,7H,3-6H2. The van der Waals surface area contributed by atoms with Gasteiger partial charge in [-0.05, 0) is 0 Å². The molecule has 1 fully saturated rings. The molecular formula is C7H11N5O4. The van der Waals surface area contributed by atoms with Crippen molar-refractivity contribution in [3.8, 4) is 0 Å². The zero-order valence-electron chi connectivity index (χ0n) is 8.43. The fourth-order valence-electron chi connectivity index (χ4n) is 1.94. The van der Waals surface area contributed by atoms with Gasteiger partial charge in [0.2, 0.25) is 6.67 Å². The van der Waals surface area contributed by atoms with Gasteiger partial charge in [-0.1, -0.05) is 22.2 Å². The molecule has 0 N–H and O–H groups in total. The summed E-state index contributed by atoms with van der Waals surface area (Å²) in [5, 5.41) is 22.0. The molecule has 88 valence electrons. The van der Waals surface area contributed by atoms with Crippen LogP contribution < -0.4 is 0 Å². The lowest BCUT2D eigenvalue weighted by Gasteiger charge is -2.40. The Morgan fingerprint density at radius 3 is 2.50 bits per heavy atom. The van der Waals surface area contributed by atoms with Crippen LogP contribution in [0.15, 0.2) is 12.2 Å². The first kappa shape index (κ1) is 10.6. The van der Waals surface area contributed by atoms with Crippen LogP contribution in [0.2, 0.25) is 0 Å². The predicted octanol–water partition coefficient (Wildman–Crippen LogP) is -0.510. The van der Waals surface area contributed by atoms with Gasteiger partial charge in [0, 0.05) is 13.0 Å². The number of hydrazine groups is 2. The molecule has 0 aromatic rings. The van der Waals surface area contributed by atoms with Crippen molar-refractivity contribution in [2.75, 3.05) is 19.9 Å². The second-order valence-corrected chi connectivity index (χ2v) is 3.66. The monoisotopic (exact) mass is 229 g/mol. The van der Waals surface area contributed by atoms with Crippen LogP contribution in [0, 0.1) is 20.2 Å². The Balaban J connectivity index is 2.19. The van der Waals surface area contributed by atoms with Gasteiger partial charge in [-0.15, -0.1) is 0 Å². The average Bonchev–Trinajstić information content (AvgIpc) is 2.27. The highest BCUT2D eigenvalue weighted by Gasteiger charge is 2.42. The van der Waals surface area contributed by atoms with Gasteiger partial charge in [0.25, 0.3) is 0 Å². The van der Waals surface area contributed by atoms with Gasteiger partial charge < -0.3 is 0 Å². The second kappa shape index (κ2) is 3.93. The number of nitro groups is 2. The summed E-state index contributed by atoms with van der Waals surface area (Å²) in [5.41, 5.74) is 0. The van der Waals surface area contributed by atoms with Crippen LogP contribution in [-0.2, 0) is 0 Å². The molecule has 16 heavy (non-hydrogen) atoms. The number of hydrogen-bond donors (Lipinski definition) is 0. The Morgan fingerprint density at radius 1 is 1.12 bits per heavy atom. The van der Waals surface area contributed by atoms with Crippen LogP contribution in [0.25, 0.3) is 0 Å². The SMILES string of the molecule is O=[N+]([O-])N1CN2CC=CCC2N([N+](=O)[O-])C1. The van der Waals surface area contributed by atoms with Gasteiger partial charge in [0.15, 0.2) is 10.1 Å². The summed E-state index contributed by atoms with van der Waals surface area (Å²) in [6.45, 7) is 0.334. The normalized spacial score (nSPS) is 25.4. The Kier molecular flexibility index (Phi) is 2.60. The second-order valence-electron chi connectivity index (χ2n) is 3.66. The van der Waals surface area contributed by atoms with Crippen LogP contribution in [-0.4, -0.2) is 51.0 Å². The molecule has 9 nitrogen and oxygen atoms in total. The minimum Gasteiger partial charge on any atom is -0.252 e. The van der Waals surface area contributed by atoms with E-state index in [9.17, 15) is 20.2 Å². The van der Waals surface area contributed by atoms with E-state index in [1.807, 2.05) is 12.2 Å². The fourth-order valence-corrected chi connectivity index (χ4v) is 1.94. The fraction of sp³-hybridized carbons (Fsp3) is 0.714. The summed E-state index contributed by atoms with van der Waals surface area (Å²) in [4.78, 5) is 23.1. The van der Waals surface area contributed by atoms with Crippen LogP contribution in [0.3, 0.4) is 0 Å². The van der Waals surface area contributed by atoms with Gasteiger partial charge in [-0.3, -0.25) is 4.90 Å². The molecule has 2 heterocycles. The first-order chi connectivity index (χ1) is 7.59. The molecule has 2 rings (SSSR count). The molecule has 0 saturated carbocycles. The van der Waals surface area contributed by atoms with Crippen molar-refractivity contribution in [2.24, 2.45) is 0 Å². The highest BCUT2D eigenvalue weighted by molar-refractivity contribution is 4.95. The molecule has 1 atom stereocenters. The zero-order chi connectivity index (χ0) is 11.7. The molecule has 2 aliphatic rings. The lowest BCUT2D eigenvalue weighted by Crippen LogP contribution is -2.64. The van der Waals surface area contributed by atoms with E-state index in [-0.39, 0.29) is 19.5 Å². The third-order valence-electron chi connectivity index (χ3n) is 2.71. The van der Waals surface area contributed by atoms with Gasteiger partial charge in [0.05, 0.1) is 0 Å². The van der Waals surface area contributed by atoms with E-state index in [1.165, 1.54) is 0 Å². The molecule has 0 aliphatic carbocycles. The van der Waals surface area contributed by atoms with Crippen molar-refractivity contribution < 1.29 is 10.1 Å². The maximum atomic E-state index is 10.8. The molecule has 1 saturated heterocycles. The average molecular weight is 229 g/mol. The lowest BCUT2D eigenvalue weighted by atomic mass is 10.2. The Labute approximate surface area is 90.8 Å². The number of nitrogens with zero attached hydrogens (tertiary/aromatic N) is 5. The van der Waals surface area contributed by atoms with Crippen LogP contribution >= 0.6 is 0 Å². The summed E-state index contributed by atoms with van der Waals surface area (Å²) in [6, 6.07) is 0. The minimum atomic E-state index is -0.606. The number of hydrogen-bond acceptors (Lipinski definition) is 5. The van der Waals surface area contributed by atoms with Gasteiger partial charge >= 0.3 is 0 Å². The largest absolute Gasteiger partial charge is 0.252 e. The Hall–Kier alpha value is -1.90. The Morgan fingerprint density at radius 2 is 1.88 bits per heavy atom. The van der Waals surface area contributed by atoms with Crippen LogP contribution in [0.5, 0.6) is 0 Å². The molecular weight excluding hydrogens is 218 g/mol. The maximum absolute atomic E-state index is 10.8. The van der Waals surface area contributed by atoms with Crippen molar-refractivity contribution in [3.63, 3.8) is 0 Å². The van der Waals surface area contributed by atoms with Crippen molar-refractivity contribution in [1.29, 1.82) is 0 Å². The third kappa shape index (κ3) is 1.76. The van der Waals surface area contributed by atoms with Gasteiger partial charge in [-0.2, -0.15) is 0 Å². The van der Waals surface area contributed by atoms with E-state index in [0.717, 1.165) is 10.0 Å². The molecule has 0 aromatic heterocycles. The van der Waals surface area contributed by atoms with E-state index in [1.54, 1.807) is 4.90 Å². The van der Waals surface area contributed by atoms with E-state index < -0.39 is 10.1 Å². The number of fused-ring (bicyclic) bond motifs is 1. The zero-order valence-corrected chi connectivity index (χ0v) is 8.43.